The number of hydrogen-bond donors (Lipinski definition) is 1. The van der Waals surface area contributed by atoms with Gasteiger partial charge in [-0.3, -0.25) is 0 Å². The summed E-state index contributed by atoms with van der Waals surface area (Å²) >= 11 is 6.02. The maximum Gasteiger partial charge on any atom is 0.223 e. The summed E-state index contributed by atoms with van der Waals surface area (Å²) in [6, 6.07) is 0. The highest BCUT2D eigenvalue weighted by atomic mass is 35.5. The van der Waals surface area contributed by atoms with Crippen LogP contribution in [-0.4, -0.2) is 39.0 Å². The van der Waals surface area contributed by atoms with Gasteiger partial charge in [-0.1, -0.05) is 25.4 Å². The van der Waals surface area contributed by atoms with Crippen LogP contribution in [0.2, 0.25) is 5.15 Å². The van der Waals surface area contributed by atoms with Crippen molar-refractivity contribution in [2.24, 2.45) is 11.8 Å². The van der Waals surface area contributed by atoms with Crippen LogP contribution in [0.25, 0.3) is 11.2 Å². The molecule has 1 saturated heterocycles. The molecule has 0 unspecified atom stereocenters. The van der Waals surface area contributed by atoms with E-state index in [0.717, 1.165) is 0 Å². The first kappa shape index (κ1) is 14.5. The number of halogens is 1. The minimum atomic E-state index is -0.117. The number of imidazole rings is 1. The van der Waals surface area contributed by atoms with Gasteiger partial charge in [0.25, 0.3) is 0 Å². The molecule has 3 rings (SSSR count). The molecular formula is C13H18ClN5O2. The summed E-state index contributed by atoms with van der Waals surface area (Å²) < 4.78 is 13.4. The predicted octanol–water partition coefficient (Wildman–Crippen LogP) is 1.71. The van der Waals surface area contributed by atoms with Crippen molar-refractivity contribution in [3.8, 4) is 0 Å². The van der Waals surface area contributed by atoms with Crippen molar-refractivity contribution in [2.75, 3.05) is 18.9 Å². The first-order valence-corrected chi connectivity index (χ1v) is 7.29. The van der Waals surface area contributed by atoms with Crippen LogP contribution in [0.3, 0.4) is 0 Å². The van der Waals surface area contributed by atoms with Gasteiger partial charge >= 0.3 is 0 Å². The van der Waals surface area contributed by atoms with Crippen molar-refractivity contribution >= 4 is 28.7 Å². The van der Waals surface area contributed by atoms with Crippen molar-refractivity contribution in [3.05, 3.63) is 11.5 Å². The third-order valence-corrected chi connectivity index (χ3v) is 3.69. The summed E-state index contributed by atoms with van der Waals surface area (Å²) in [5, 5.41) is 0.271. The van der Waals surface area contributed by atoms with Gasteiger partial charge in [-0.05, 0) is 0 Å². The molecule has 1 fully saturated rings. The molecule has 0 amide bonds. The maximum atomic E-state index is 6.02. The highest BCUT2D eigenvalue weighted by Crippen LogP contribution is 2.22. The Bertz CT molecular complexity index is 637. The SMILES string of the molecule is CC(C)C1OCC(Cn2cnc3c(Cl)nc(N)nc32)CO1. The molecule has 0 aliphatic carbocycles. The van der Waals surface area contributed by atoms with Gasteiger partial charge in [0.15, 0.2) is 17.1 Å². The Morgan fingerprint density at radius 3 is 2.76 bits per heavy atom. The van der Waals surface area contributed by atoms with Crippen LogP contribution in [0.5, 0.6) is 0 Å². The van der Waals surface area contributed by atoms with E-state index in [9.17, 15) is 0 Å². The number of nitrogen functional groups attached to an aromatic ring is 1. The van der Waals surface area contributed by atoms with Gasteiger partial charge in [-0.15, -0.1) is 0 Å². The van der Waals surface area contributed by atoms with E-state index in [1.807, 2.05) is 4.57 Å². The molecule has 1 aliphatic rings. The molecular weight excluding hydrogens is 294 g/mol. The average Bonchev–Trinajstić information content (AvgIpc) is 2.83. The second kappa shape index (κ2) is 5.75. The third-order valence-electron chi connectivity index (χ3n) is 3.43. The van der Waals surface area contributed by atoms with E-state index >= 15 is 0 Å². The van der Waals surface area contributed by atoms with Crippen molar-refractivity contribution < 1.29 is 9.47 Å². The first-order chi connectivity index (χ1) is 10.0. The first-order valence-electron chi connectivity index (χ1n) is 6.91. The van der Waals surface area contributed by atoms with E-state index < -0.39 is 0 Å². The zero-order valence-corrected chi connectivity index (χ0v) is 12.7. The van der Waals surface area contributed by atoms with Crippen LogP contribution >= 0.6 is 11.6 Å². The van der Waals surface area contributed by atoms with Crippen LogP contribution in [0.4, 0.5) is 5.95 Å². The smallest absolute Gasteiger partial charge is 0.223 e. The number of hydrogen-bond acceptors (Lipinski definition) is 6. The molecule has 114 valence electrons. The monoisotopic (exact) mass is 311 g/mol. The molecule has 0 saturated carbocycles. The Labute approximate surface area is 127 Å². The molecule has 0 atom stereocenters. The lowest BCUT2D eigenvalue weighted by Gasteiger charge is -2.31. The van der Waals surface area contributed by atoms with Crippen LogP contribution in [0, 0.1) is 11.8 Å². The number of aromatic nitrogens is 4. The minimum absolute atomic E-state index is 0.117. The van der Waals surface area contributed by atoms with E-state index in [4.69, 9.17) is 26.8 Å². The standard InChI is InChI=1S/C13H18ClN5O2/c1-7(2)12-20-4-8(5-21-12)3-19-6-16-9-10(14)17-13(15)18-11(9)19/h6-8,12H,3-5H2,1-2H3,(H2,15,17,18). The molecule has 3 heterocycles. The molecule has 2 N–H and O–H groups in total. The van der Waals surface area contributed by atoms with Crippen molar-refractivity contribution in [1.82, 2.24) is 19.5 Å². The fourth-order valence-electron chi connectivity index (χ4n) is 2.39. The van der Waals surface area contributed by atoms with E-state index in [1.165, 1.54) is 0 Å². The fraction of sp³-hybridized carbons (Fsp3) is 0.615. The number of rotatable bonds is 3. The second-order valence-electron chi connectivity index (χ2n) is 5.59. The van der Waals surface area contributed by atoms with Gasteiger partial charge in [-0.25, -0.2) is 4.98 Å². The van der Waals surface area contributed by atoms with Crippen LogP contribution in [-0.2, 0) is 16.0 Å². The van der Waals surface area contributed by atoms with Crippen LogP contribution in [0.15, 0.2) is 6.33 Å². The van der Waals surface area contributed by atoms with Gasteiger partial charge in [0, 0.05) is 18.4 Å². The summed E-state index contributed by atoms with van der Waals surface area (Å²) in [5.41, 5.74) is 6.84. The largest absolute Gasteiger partial charge is 0.368 e. The van der Waals surface area contributed by atoms with Gasteiger partial charge in [-0.2, -0.15) is 9.97 Å². The van der Waals surface area contributed by atoms with Crippen LogP contribution < -0.4 is 5.73 Å². The van der Waals surface area contributed by atoms with Crippen molar-refractivity contribution in [1.29, 1.82) is 0 Å². The van der Waals surface area contributed by atoms with Gasteiger partial charge in [0.05, 0.1) is 19.5 Å². The lowest BCUT2D eigenvalue weighted by atomic mass is 10.1. The maximum absolute atomic E-state index is 6.02. The zero-order valence-electron chi connectivity index (χ0n) is 12.0. The predicted molar refractivity (Wildman–Crippen MR) is 78.8 cm³/mol. The molecule has 1 aliphatic heterocycles. The average molecular weight is 312 g/mol. The minimum Gasteiger partial charge on any atom is -0.368 e. The second-order valence-corrected chi connectivity index (χ2v) is 5.94. The molecule has 21 heavy (non-hydrogen) atoms. The molecule has 2 aromatic rings. The Kier molecular flexibility index (Phi) is 3.97. The number of fused-ring (bicyclic) bond motifs is 1. The van der Waals surface area contributed by atoms with E-state index in [2.05, 4.69) is 28.8 Å². The highest BCUT2D eigenvalue weighted by Gasteiger charge is 2.25. The Morgan fingerprint density at radius 1 is 1.38 bits per heavy atom. The molecule has 7 nitrogen and oxygen atoms in total. The normalized spacial score (nSPS) is 23.0. The summed E-state index contributed by atoms with van der Waals surface area (Å²) in [6.07, 6.45) is 1.58. The third kappa shape index (κ3) is 2.95. The Hall–Kier alpha value is -1.44. The van der Waals surface area contributed by atoms with E-state index in [1.54, 1.807) is 6.33 Å². The Balaban J connectivity index is 1.74. The van der Waals surface area contributed by atoms with Gasteiger partial charge < -0.3 is 19.8 Å². The number of ether oxygens (including phenoxy) is 2. The van der Waals surface area contributed by atoms with Gasteiger partial charge in [0.1, 0.15) is 5.52 Å². The number of nitrogens with two attached hydrogens (primary N) is 1. The van der Waals surface area contributed by atoms with Crippen LogP contribution in [0.1, 0.15) is 13.8 Å². The molecule has 8 heteroatoms. The molecule has 0 radical (unpaired) electrons. The summed E-state index contributed by atoms with van der Waals surface area (Å²) in [7, 11) is 0. The molecule has 2 aromatic heterocycles. The number of anilines is 1. The lowest BCUT2D eigenvalue weighted by Crippen LogP contribution is -2.36. The molecule has 0 aromatic carbocycles. The van der Waals surface area contributed by atoms with Crippen molar-refractivity contribution in [2.45, 2.75) is 26.7 Å². The quantitative estimate of drug-likeness (QED) is 0.868. The Morgan fingerprint density at radius 2 is 2.10 bits per heavy atom. The van der Waals surface area contributed by atoms with Crippen molar-refractivity contribution in [3.63, 3.8) is 0 Å². The van der Waals surface area contributed by atoms with E-state index in [0.29, 0.717) is 36.8 Å². The molecule has 0 bridgehead atoms. The zero-order chi connectivity index (χ0) is 15.0. The fourth-order valence-corrected chi connectivity index (χ4v) is 2.61. The number of nitrogens with zero attached hydrogens (tertiary/aromatic N) is 4. The summed E-state index contributed by atoms with van der Waals surface area (Å²) in [4.78, 5) is 12.3. The topological polar surface area (TPSA) is 88.1 Å². The lowest BCUT2D eigenvalue weighted by molar-refractivity contribution is -0.220. The van der Waals surface area contributed by atoms with E-state index in [-0.39, 0.29) is 23.3 Å². The summed E-state index contributed by atoms with van der Waals surface area (Å²) in [5.74, 6) is 0.740. The summed E-state index contributed by atoms with van der Waals surface area (Å²) in [6.45, 7) is 6.15. The van der Waals surface area contributed by atoms with Gasteiger partial charge in [0.2, 0.25) is 5.95 Å². The highest BCUT2D eigenvalue weighted by molar-refractivity contribution is 6.33. The molecule has 0 spiro atoms.